The number of carbonyl (C=O) groups excluding carboxylic acids is 2. The highest BCUT2D eigenvalue weighted by Gasteiger charge is 2.31. The van der Waals surface area contributed by atoms with Crippen LogP contribution in [0.2, 0.25) is 0 Å². The second kappa shape index (κ2) is 8.57. The van der Waals surface area contributed by atoms with Gasteiger partial charge in [-0.15, -0.1) is 0 Å². The number of carbonyl (C=O) groups is 3. The van der Waals surface area contributed by atoms with Crippen molar-refractivity contribution in [3.8, 4) is 0 Å². The highest BCUT2D eigenvalue weighted by atomic mass is 16.5. The van der Waals surface area contributed by atoms with Gasteiger partial charge in [0.1, 0.15) is 6.04 Å². The van der Waals surface area contributed by atoms with Crippen LogP contribution in [0.3, 0.4) is 0 Å². The van der Waals surface area contributed by atoms with Crippen LogP contribution >= 0.6 is 0 Å². The quantitative estimate of drug-likeness (QED) is 0.726. The van der Waals surface area contributed by atoms with Crippen LogP contribution in [0.25, 0.3) is 0 Å². The van der Waals surface area contributed by atoms with E-state index in [1.807, 2.05) is 0 Å². The Morgan fingerprint density at radius 3 is 2.41 bits per heavy atom. The summed E-state index contributed by atoms with van der Waals surface area (Å²) in [6, 6.07) is -1.25. The lowest BCUT2D eigenvalue weighted by Crippen LogP contribution is -2.54. The molecule has 0 saturated carbocycles. The molecule has 0 aromatic rings. The third kappa shape index (κ3) is 5.18. The van der Waals surface area contributed by atoms with Gasteiger partial charge in [0.05, 0.1) is 0 Å². The molecule has 0 aliphatic carbocycles. The van der Waals surface area contributed by atoms with E-state index in [4.69, 9.17) is 4.74 Å². The van der Waals surface area contributed by atoms with Crippen molar-refractivity contribution < 1.29 is 24.2 Å². The van der Waals surface area contributed by atoms with Crippen molar-refractivity contribution in [2.24, 2.45) is 0 Å². The maximum absolute atomic E-state index is 12.6. The Morgan fingerprint density at radius 1 is 1.32 bits per heavy atom. The van der Waals surface area contributed by atoms with Gasteiger partial charge in [-0.05, 0) is 19.8 Å². The molecule has 3 amide bonds. The van der Waals surface area contributed by atoms with E-state index in [2.05, 4.69) is 5.32 Å². The molecule has 1 unspecified atom stereocenters. The SMILES string of the molecule is CC(=O)NCCN(C(=O)N(C)C1CCOCC1)C(C)C(=O)O. The molecule has 1 saturated heterocycles. The van der Waals surface area contributed by atoms with E-state index in [-0.39, 0.29) is 31.1 Å². The summed E-state index contributed by atoms with van der Waals surface area (Å²) in [4.78, 5) is 37.6. The minimum Gasteiger partial charge on any atom is -0.480 e. The van der Waals surface area contributed by atoms with Crippen LogP contribution in [-0.4, -0.2) is 78.2 Å². The average molecular weight is 315 g/mol. The first-order chi connectivity index (χ1) is 10.3. The molecular weight excluding hydrogens is 290 g/mol. The van der Waals surface area contributed by atoms with E-state index in [1.54, 1.807) is 11.9 Å². The summed E-state index contributed by atoms with van der Waals surface area (Å²) in [5.74, 6) is -1.29. The Bertz CT molecular complexity index is 409. The molecule has 1 aliphatic heterocycles. The highest BCUT2D eigenvalue weighted by molar-refractivity contribution is 5.82. The van der Waals surface area contributed by atoms with Crippen molar-refractivity contribution >= 4 is 17.9 Å². The molecule has 1 rings (SSSR count). The maximum Gasteiger partial charge on any atom is 0.326 e. The van der Waals surface area contributed by atoms with Crippen LogP contribution in [0.4, 0.5) is 4.79 Å². The van der Waals surface area contributed by atoms with Gasteiger partial charge in [0, 0.05) is 46.3 Å². The third-order valence-corrected chi connectivity index (χ3v) is 3.84. The number of aliphatic carboxylic acids is 1. The second-order valence-corrected chi connectivity index (χ2v) is 5.43. The van der Waals surface area contributed by atoms with Crippen LogP contribution < -0.4 is 5.32 Å². The van der Waals surface area contributed by atoms with E-state index in [1.165, 1.54) is 18.7 Å². The molecule has 0 spiro atoms. The zero-order valence-electron chi connectivity index (χ0n) is 13.4. The lowest BCUT2D eigenvalue weighted by Gasteiger charge is -2.36. The highest BCUT2D eigenvalue weighted by Crippen LogP contribution is 2.15. The van der Waals surface area contributed by atoms with Crippen molar-refractivity contribution in [3.05, 3.63) is 0 Å². The van der Waals surface area contributed by atoms with Gasteiger partial charge >= 0.3 is 12.0 Å². The maximum atomic E-state index is 12.6. The van der Waals surface area contributed by atoms with Gasteiger partial charge in [-0.1, -0.05) is 0 Å². The van der Waals surface area contributed by atoms with Crippen LogP contribution in [-0.2, 0) is 14.3 Å². The van der Waals surface area contributed by atoms with Gasteiger partial charge in [0.25, 0.3) is 0 Å². The number of ether oxygens (including phenoxy) is 1. The molecule has 1 aliphatic rings. The van der Waals surface area contributed by atoms with Crippen LogP contribution in [0.15, 0.2) is 0 Å². The number of carboxylic acid groups (broad SMARTS) is 1. The number of carboxylic acids is 1. The first-order valence-electron chi connectivity index (χ1n) is 7.43. The number of nitrogens with zero attached hydrogens (tertiary/aromatic N) is 2. The van der Waals surface area contributed by atoms with Crippen molar-refractivity contribution in [3.63, 3.8) is 0 Å². The number of urea groups is 1. The van der Waals surface area contributed by atoms with Gasteiger partial charge in [-0.25, -0.2) is 9.59 Å². The Kier molecular flexibility index (Phi) is 7.10. The first kappa shape index (κ1) is 18.2. The average Bonchev–Trinajstić information content (AvgIpc) is 2.50. The first-order valence-corrected chi connectivity index (χ1v) is 7.43. The predicted molar refractivity (Wildman–Crippen MR) is 79.5 cm³/mol. The topological polar surface area (TPSA) is 99.2 Å². The molecule has 8 nitrogen and oxygen atoms in total. The third-order valence-electron chi connectivity index (χ3n) is 3.84. The fraction of sp³-hybridized carbons (Fsp3) is 0.786. The predicted octanol–water partition coefficient (Wildman–Crippen LogP) is 0.128. The van der Waals surface area contributed by atoms with E-state index < -0.39 is 12.0 Å². The number of rotatable bonds is 6. The van der Waals surface area contributed by atoms with Crippen molar-refractivity contribution in [1.29, 1.82) is 0 Å². The molecule has 1 atom stereocenters. The van der Waals surface area contributed by atoms with E-state index in [9.17, 15) is 19.5 Å². The van der Waals surface area contributed by atoms with E-state index >= 15 is 0 Å². The normalized spacial score (nSPS) is 16.7. The molecule has 0 radical (unpaired) electrons. The zero-order chi connectivity index (χ0) is 16.7. The summed E-state index contributed by atoms with van der Waals surface area (Å²) in [6.45, 7) is 4.41. The van der Waals surface area contributed by atoms with E-state index in [0.29, 0.717) is 13.2 Å². The summed E-state index contributed by atoms with van der Waals surface area (Å²) in [5, 5.41) is 11.8. The molecule has 2 N–H and O–H groups in total. The Morgan fingerprint density at radius 2 is 1.91 bits per heavy atom. The molecule has 1 fully saturated rings. The standard InChI is InChI=1S/C14H25N3O5/c1-10(13(19)20)17(7-6-15-11(2)18)14(21)16(3)12-4-8-22-9-5-12/h10,12H,4-9H2,1-3H3,(H,15,18)(H,19,20). The molecule has 0 aromatic heterocycles. The fourth-order valence-corrected chi connectivity index (χ4v) is 2.37. The summed E-state index contributed by atoms with van der Waals surface area (Å²) in [5.41, 5.74) is 0. The fourth-order valence-electron chi connectivity index (χ4n) is 2.37. The van der Waals surface area contributed by atoms with Gasteiger partial charge in [0.15, 0.2) is 0 Å². The molecular formula is C14H25N3O5. The zero-order valence-corrected chi connectivity index (χ0v) is 13.4. The van der Waals surface area contributed by atoms with Gasteiger partial charge in [-0.3, -0.25) is 4.79 Å². The number of amides is 3. The van der Waals surface area contributed by atoms with Crippen LogP contribution in [0, 0.1) is 0 Å². The summed E-state index contributed by atoms with van der Waals surface area (Å²) < 4.78 is 5.27. The summed E-state index contributed by atoms with van der Waals surface area (Å²) >= 11 is 0. The Balaban J connectivity index is 2.72. The monoisotopic (exact) mass is 315 g/mol. The van der Waals surface area contributed by atoms with E-state index in [0.717, 1.165) is 12.8 Å². The molecule has 0 aromatic carbocycles. The van der Waals surface area contributed by atoms with Crippen LogP contribution in [0.5, 0.6) is 0 Å². The summed E-state index contributed by atoms with van der Waals surface area (Å²) in [6.07, 6.45) is 1.48. The molecule has 126 valence electrons. The summed E-state index contributed by atoms with van der Waals surface area (Å²) in [7, 11) is 1.68. The molecule has 0 bridgehead atoms. The second-order valence-electron chi connectivity index (χ2n) is 5.43. The van der Waals surface area contributed by atoms with Gasteiger partial charge in [0.2, 0.25) is 5.91 Å². The molecule has 22 heavy (non-hydrogen) atoms. The minimum absolute atomic E-state index is 0.0468. The number of nitrogens with one attached hydrogen (secondary N) is 1. The van der Waals surface area contributed by atoms with Gasteiger partial charge in [-0.2, -0.15) is 0 Å². The van der Waals surface area contributed by atoms with Gasteiger partial charge < -0.3 is 25.0 Å². The van der Waals surface area contributed by atoms with Crippen molar-refractivity contribution in [2.45, 2.75) is 38.8 Å². The Labute approximate surface area is 130 Å². The minimum atomic E-state index is -1.07. The lowest BCUT2D eigenvalue weighted by molar-refractivity contribution is -0.141. The lowest BCUT2D eigenvalue weighted by atomic mass is 10.1. The van der Waals surface area contributed by atoms with Crippen molar-refractivity contribution in [2.75, 3.05) is 33.4 Å². The molecule has 8 heteroatoms. The molecule has 1 heterocycles. The largest absolute Gasteiger partial charge is 0.480 e. The smallest absolute Gasteiger partial charge is 0.326 e. The Hall–Kier alpha value is -1.83. The van der Waals surface area contributed by atoms with Crippen molar-refractivity contribution in [1.82, 2.24) is 15.1 Å². The van der Waals surface area contributed by atoms with Crippen LogP contribution in [0.1, 0.15) is 26.7 Å². The number of hydrogen-bond donors (Lipinski definition) is 2. The number of hydrogen-bond acceptors (Lipinski definition) is 4.